The van der Waals surface area contributed by atoms with E-state index in [1.54, 1.807) is 0 Å². The number of likely N-dealkylation sites (tertiary alicyclic amines) is 1. The Hall–Kier alpha value is -1.34. The van der Waals surface area contributed by atoms with Crippen LogP contribution in [0.5, 0.6) is 0 Å². The van der Waals surface area contributed by atoms with E-state index in [0.29, 0.717) is 6.04 Å². The maximum absolute atomic E-state index is 5.37. The average molecular weight is 285 g/mol. The minimum Gasteiger partial charge on any atom is -0.310 e. The van der Waals surface area contributed by atoms with Gasteiger partial charge in [-0.25, -0.2) is 0 Å². The van der Waals surface area contributed by atoms with Gasteiger partial charge in [0.15, 0.2) is 0 Å². The van der Waals surface area contributed by atoms with Gasteiger partial charge in [-0.1, -0.05) is 30.2 Å². The summed E-state index contributed by atoms with van der Waals surface area (Å²) in [4.78, 5) is 4.58. The first-order chi connectivity index (χ1) is 10.2. The Morgan fingerprint density at radius 2 is 1.90 bits per heavy atom. The van der Waals surface area contributed by atoms with E-state index in [1.807, 2.05) is 0 Å². The molecule has 0 spiro atoms. The van der Waals surface area contributed by atoms with Crippen LogP contribution >= 0.6 is 0 Å². The Bertz CT molecular complexity index is 468. The summed E-state index contributed by atoms with van der Waals surface area (Å²) in [6.45, 7) is 4.98. The molecule has 1 aromatic carbocycles. The number of piperidine rings is 1. The number of hydrogen-bond acceptors (Lipinski definition) is 3. The summed E-state index contributed by atoms with van der Waals surface area (Å²) < 4.78 is 0. The van der Waals surface area contributed by atoms with E-state index in [0.717, 1.165) is 32.7 Å². The van der Waals surface area contributed by atoms with Gasteiger partial charge >= 0.3 is 0 Å². The summed E-state index contributed by atoms with van der Waals surface area (Å²) in [5, 5.41) is 3.72. The van der Waals surface area contributed by atoms with Crippen molar-refractivity contribution >= 4 is 0 Å². The van der Waals surface area contributed by atoms with Gasteiger partial charge in [0.1, 0.15) is 0 Å². The summed E-state index contributed by atoms with van der Waals surface area (Å²) in [5.41, 5.74) is 2.83. The van der Waals surface area contributed by atoms with E-state index in [1.165, 1.54) is 24.0 Å². The van der Waals surface area contributed by atoms with Crippen molar-refractivity contribution in [3.63, 3.8) is 0 Å². The first-order valence-corrected chi connectivity index (χ1v) is 7.79. The second kappa shape index (κ2) is 8.19. The van der Waals surface area contributed by atoms with E-state index in [9.17, 15) is 0 Å². The molecule has 3 heteroatoms. The van der Waals surface area contributed by atoms with Gasteiger partial charge in [0, 0.05) is 32.2 Å². The number of benzene rings is 1. The summed E-state index contributed by atoms with van der Waals surface area (Å²) >= 11 is 0. The second-order valence-corrected chi connectivity index (χ2v) is 6.14. The first kappa shape index (κ1) is 16.0. The lowest BCUT2D eigenvalue weighted by atomic mass is 10.0. The van der Waals surface area contributed by atoms with Gasteiger partial charge < -0.3 is 10.2 Å². The molecule has 0 unspecified atom stereocenters. The van der Waals surface area contributed by atoms with Crippen LogP contribution in [0.2, 0.25) is 0 Å². The highest BCUT2D eigenvalue weighted by Gasteiger charge is 2.18. The van der Waals surface area contributed by atoms with Crippen LogP contribution in [0.15, 0.2) is 24.3 Å². The van der Waals surface area contributed by atoms with Crippen molar-refractivity contribution in [2.45, 2.75) is 32.0 Å². The van der Waals surface area contributed by atoms with Crippen LogP contribution in [-0.4, -0.2) is 49.6 Å². The van der Waals surface area contributed by atoms with Crippen LogP contribution in [0.3, 0.4) is 0 Å². The van der Waals surface area contributed by atoms with Gasteiger partial charge in [-0.2, -0.15) is 0 Å². The Kier molecular flexibility index (Phi) is 6.25. The minimum atomic E-state index is 0.617. The van der Waals surface area contributed by atoms with Crippen LogP contribution in [0.1, 0.15) is 24.0 Å². The van der Waals surface area contributed by atoms with E-state index < -0.39 is 0 Å². The van der Waals surface area contributed by atoms with Crippen LogP contribution in [0, 0.1) is 12.3 Å². The molecule has 1 fully saturated rings. The lowest BCUT2D eigenvalue weighted by Crippen LogP contribution is -2.42. The minimum absolute atomic E-state index is 0.617. The normalized spacial score (nSPS) is 17.0. The Morgan fingerprint density at radius 3 is 2.52 bits per heavy atom. The van der Waals surface area contributed by atoms with Gasteiger partial charge in [-0.15, -0.1) is 6.42 Å². The molecule has 1 aliphatic heterocycles. The number of hydrogen-bond donors (Lipinski definition) is 1. The molecule has 0 amide bonds. The second-order valence-electron chi connectivity index (χ2n) is 6.14. The van der Waals surface area contributed by atoms with Gasteiger partial charge in [-0.05, 0) is 38.1 Å². The zero-order valence-electron chi connectivity index (χ0n) is 13.3. The average Bonchev–Trinajstić information content (AvgIpc) is 2.48. The molecule has 3 nitrogen and oxygen atoms in total. The van der Waals surface area contributed by atoms with Crippen molar-refractivity contribution in [3.8, 4) is 12.3 Å². The van der Waals surface area contributed by atoms with Crippen LogP contribution < -0.4 is 5.32 Å². The van der Waals surface area contributed by atoms with E-state index in [4.69, 9.17) is 6.42 Å². The lowest BCUT2D eigenvalue weighted by molar-refractivity contribution is 0.217. The molecular formula is C18H27N3. The number of terminal acetylenes is 1. The zero-order chi connectivity index (χ0) is 15.1. The first-order valence-electron chi connectivity index (χ1n) is 7.79. The molecule has 1 aromatic rings. The van der Waals surface area contributed by atoms with Crippen LogP contribution in [0.25, 0.3) is 0 Å². The predicted molar refractivity (Wildman–Crippen MR) is 89.0 cm³/mol. The van der Waals surface area contributed by atoms with Crippen molar-refractivity contribution < 1.29 is 0 Å². The molecule has 1 N–H and O–H groups in total. The highest BCUT2D eigenvalue weighted by Crippen LogP contribution is 2.14. The molecule has 114 valence electrons. The fourth-order valence-electron chi connectivity index (χ4n) is 2.90. The van der Waals surface area contributed by atoms with Gasteiger partial charge in [0.2, 0.25) is 0 Å². The van der Waals surface area contributed by atoms with Crippen LogP contribution in [0.4, 0.5) is 0 Å². The van der Waals surface area contributed by atoms with E-state index in [-0.39, 0.29) is 0 Å². The smallest absolute Gasteiger partial charge is 0.0598 e. The maximum atomic E-state index is 5.37. The number of nitrogens with zero attached hydrogens (tertiary/aromatic N) is 2. The van der Waals surface area contributed by atoms with Gasteiger partial charge in [-0.3, -0.25) is 4.90 Å². The number of rotatable bonds is 6. The van der Waals surface area contributed by atoms with Crippen molar-refractivity contribution in [2.75, 3.05) is 33.7 Å². The molecular weight excluding hydrogens is 258 g/mol. The zero-order valence-corrected chi connectivity index (χ0v) is 13.3. The molecule has 1 heterocycles. The van der Waals surface area contributed by atoms with E-state index >= 15 is 0 Å². The molecule has 1 aliphatic rings. The van der Waals surface area contributed by atoms with Crippen molar-refractivity contribution in [1.82, 2.24) is 15.1 Å². The monoisotopic (exact) mass is 285 g/mol. The molecule has 0 radical (unpaired) electrons. The third-order valence-electron chi connectivity index (χ3n) is 4.09. The molecule has 0 atom stereocenters. The fourth-order valence-corrected chi connectivity index (χ4v) is 2.90. The molecule has 0 bridgehead atoms. The molecule has 0 aromatic heterocycles. The quantitative estimate of drug-likeness (QED) is 0.806. The largest absolute Gasteiger partial charge is 0.310 e. The van der Waals surface area contributed by atoms with Crippen molar-refractivity contribution in [1.29, 1.82) is 0 Å². The Balaban J connectivity index is 1.83. The fraction of sp³-hybridized carbons (Fsp3) is 0.556. The highest BCUT2D eigenvalue weighted by molar-refractivity contribution is 5.27. The Labute approximate surface area is 129 Å². The van der Waals surface area contributed by atoms with Crippen molar-refractivity contribution in [2.24, 2.45) is 0 Å². The third-order valence-corrected chi connectivity index (χ3v) is 4.09. The lowest BCUT2D eigenvalue weighted by Gasteiger charge is -2.31. The number of nitrogens with one attached hydrogen (secondary N) is 1. The summed E-state index contributed by atoms with van der Waals surface area (Å²) in [5.74, 6) is 2.74. The highest BCUT2D eigenvalue weighted by atomic mass is 15.1. The maximum Gasteiger partial charge on any atom is 0.0598 e. The molecule has 0 aliphatic carbocycles. The Morgan fingerprint density at radius 1 is 1.24 bits per heavy atom. The molecule has 1 saturated heterocycles. The van der Waals surface area contributed by atoms with Crippen LogP contribution in [-0.2, 0) is 13.1 Å². The standard InChI is InChI=1S/C18H27N3/c1-4-11-21-12-9-18(10-13-21)19-14-16-7-5-6-8-17(16)15-20(2)3/h1,5-8,18-19H,9-15H2,2-3H3. The van der Waals surface area contributed by atoms with E-state index in [2.05, 4.69) is 59.4 Å². The van der Waals surface area contributed by atoms with Gasteiger partial charge in [0.05, 0.1) is 6.54 Å². The topological polar surface area (TPSA) is 18.5 Å². The SMILES string of the molecule is C#CCN1CCC(NCc2ccccc2CN(C)C)CC1. The molecule has 2 rings (SSSR count). The van der Waals surface area contributed by atoms with Gasteiger partial charge in [0.25, 0.3) is 0 Å². The summed E-state index contributed by atoms with van der Waals surface area (Å²) in [7, 11) is 4.23. The molecule has 21 heavy (non-hydrogen) atoms. The predicted octanol–water partition coefficient (Wildman–Crippen LogP) is 1.94. The summed E-state index contributed by atoms with van der Waals surface area (Å²) in [6, 6.07) is 9.34. The summed E-state index contributed by atoms with van der Waals surface area (Å²) in [6.07, 6.45) is 7.76. The molecule has 0 saturated carbocycles. The third kappa shape index (κ3) is 5.17. The van der Waals surface area contributed by atoms with Crippen molar-refractivity contribution in [3.05, 3.63) is 35.4 Å².